The van der Waals surface area contributed by atoms with Gasteiger partial charge in [0.15, 0.2) is 0 Å². The van der Waals surface area contributed by atoms with Crippen molar-refractivity contribution in [1.82, 2.24) is 15.5 Å². The molecule has 2 aliphatic heterocycles. The first kappa shape index (κ1) is 23.4. The van der Waals surface area contributed by atoms with Crippen molar-refractivity contribution in [2.45, 2.75) is 95.3 Å². The monoisotopic (exact) mass is 473 g/mol. The van der Waals surface area contributed by atoms with E-state index in [0.717, 1.165) is 31.2 Å². The third-order valence-corrected chi connectivity index (χ3v) is 8.30. The van der Waals surface area contributed by atoms with Gasteiger partial charge in [0.2, 0.25) is 17.7 Å². The summed E-state index contributed by atoms with van der Waals surface area (Å²) in [5.74, 6) is -2.86. The molecule has 3 fully saturated rings. The van der Waals surface area contributed by atoms with Gasteiger partial charge in [0, 0.05) is 43.5 Å². The largest absolute Gasteiger partial charge is 0.322 e. The Labute approximate surface area is 198 Å². The molecule has 1 aromatic carbocycles. The molecule has 2 aliphatic carbocycles. The lowest BCUT2D eigenvalue weighted by Crippen LogP contribution is -2.52. The number of hydrogen-bond donors (Lipinski definition) is 2. The summed E-state index contributed by atoms with van der Waals surface area (Å²) in [6.45, 7) is 2.42. The molecular weight excluding hydrogens is 440 g/mol. The number of alkyl halides is 2. The number of hydrogen-bond acceptors (Lipinski definition) is 4. The lowest BCUT2D eigenvalue weighted by Gasteiger charge is -2.42. The molecule has 0 radical (unpaired) electrons. The summed E-state index contributed by atoms with van der Waals surface area (Å²) in [4.78, 5) is 38.3. The number of carbonyl (C=O) groups excluding carboxylic acids is 3. The number of nitrogens with zero attached hydrogens (tertiary/aromatic N) is 1. The molecule has 4 aliphatic rings. The Balaban J connectivity index is 1.24. The number of amides is 3. The third-order valence-electron chi connectivity index (χ3n) is 8.30. The van der Waals surface area contributed by atoms with Gasteiger partial charge < -0.3 is 10.2 Å². The molecule has 1 aromatic rings. The molecule has 4 atom stereocenters. The van der Waals surface area contributed by atoms with Crippen LogP contribution in [0.1, 0.15) is 79.8 Å². The first-order valence-electron chi connectivity index (χ1n) is 12.6. The van der Waals surface area contributed by atoms with Crippen molar-refractivity contribution in [1.29, 1.82) is 0 Å². The number of fused-ring (bicyclic) bond motifs is 1. The second-order valence-corrected chi connectivity index (χ2v) is 10.7. The van der Waals surface area contributed by atoms with Crippen molar-refractivity contribution < 1.29 is 23.2 Å². The molecule has 5 rings (SSSR count). The SMILES string of the molecule is CC(N[C@H]1CCCC[C@@H]1Cc1ccc2c(c1)CN(C1CCC(=O)NC1=O)C2=O)C1CC(F)(F)C1. The van der Waals surface area contributed by atoms with Crippen LogP contribution in [-0.2, 0) is 22.6 Å². The average molecular weight is 474 g/mol. The van der Waals surface area contributed by atoms with Crippen LogP contribution in [0.15, 0.2) is 18.2 Å². The van der Waals surface area contributed by atoms with Crippen LogP contribution >= 0.6 is 0 Å². The zero-order valence-corrected chi connectivity index (χ0v) is 19.6. The van der Waals surface area contributed by atoms with E-state index >= 15 is 0 Å². The van der Waals surface area contributed by atoms with Crippen LogP contribution < -0.4 is 10.6 Å². The maximum atomic E-state index is 13.3. The number of nitrogens with one attached hydrogen (secondary N) is 2. The van der Waals surface area contributed by atoms with E-state index in [4.69, 9.17) is 0 Å². The Kier molecular flexibility index (Phi) is 6.21. The van der Waals surface area contributed by atoms with Crippen LogP contribution in [0.3, 0.4) is 0 Å². The van der Waals surface area contributed by atoms with Gasteiger partial charge in [0.1, 0.15) is 6.04 Å². The molecule has 184 valence electrons. The van der Waals surface area contributed by atoms with Crippen molar-refractivity contribution >= 4 is 17.7 Å². The summed E-state index contributed by atoms with van der Waals surface area (Å²) in [6.07, 6.45) is 5.95. The Morgan fingerprint density at radius 3 is 2.65 bits per heavy atom. The van der Waals surface area contributed by atoms with E-state index in [9.17, 15) is 23.2 Å². The van der Waals surface area contributed by atoms with Crippen molar-refractivity contribution in [3.05, 3.63) is 34.9 Å². The lowest BCUT2D eigenvalue weighted by atomic mass is 9.75. The Morgan fingerprint density at radius 2 is 1.91 bits per heavy atom. The number of benzene rings is 1. The molecule has 6 nitrogen and oxygen atoms in total. The summed E-state index contributed by atoms with van der Waals surface area (Å²) < 4.78 is 26.6. The van der Waals surface area contributed by atoms with Crippen molar-refractivity contribution in [2.75, 3.05) is 0 Å². The summed E-state index contributed by atoms with van der Waals surface area (Å²) in [5, 5.41) is 6.02. The molecule has 8 heteroatoms. The fraction of sp³-hybridized carbons (Fsp3) is 0.654. The highest BCUT2D eigenvalue weighted by atomic mass is 19.3. The van der Waals surface area contributed by atoms with E-state index in [1.54, 1.807) is 4.90 Å². The van der Waals surface area contributed by atoms with Gasteiger partial charge in [0.05, 0.1) is 0 Å². The van der Waals surface area contributed by atoms with Crippen LogP contribution in [0.5, 0.6) is 0 Å². The second kappa shape index (κ2) is 9.02. The Bertz CT molecular complexity index is 990. The standard InChI is InChI=1S/C26H33F2N3O3/c1-15(19-12-26(27,28)13-19)29-21-5-3-2-4-17(21)10-16-6-7-20-18(11-16)14-31(25(20)34)22-8-9-23(32)30-24(22)33/h6-7,11,15,17,19,21-22,29H,2-5,8-10,12-14H2,1H3,(H,30,32,33)/t15?,17-,21+,22?/m1/s1. The number of halogens is 2. The maximum Gasteiger partial charge on any atom is 0.255 e. The normalized spacial score (nSPS) is 30.0. The summed E-state index contributed by atoms with van der Waals surface area (Å²) in [6, 6.07) is 5.75. The predicted molar refractivity (Wildman–Crippen MR) is 122 cm³/mol. The van der Waals surface area contributed by atoms with Gasteiger partial charge in [-0.2, -0.15) is 0 Å². The molecule has 34 heavy (non-hydrogen) atoms. The summed E-state index contributed by atoms with van der Waals surface area (Å²) >= 11 is 0. The summed E-state index contributed by atoms with van der Waals surface area (Å²) in [5.41, 5.74) is 2.72. The maximum absolute atomic E-state index is 13.3. The van der Waals surface area contributed by atoms with Gasteiger partial charge in [-0.15, -0.1) is 0 Å². The molecule has 3 amide bonds. The van der Waals surface area contributed by atoms with Crippen LogP contribution in [0.2, 0.25) is 0 Å². The van der Waals surface area contributed by atoms with Gasteiger partial charge in [-0.05, 0) is 61.6 Å². The molecule has 0 spiro atoms. The zero-order chi connectivity index (χ0) is 24.0. The van der Waals surface area contributed by atoms with E-state index in [0.29, 0.717) is 30.5 Å². The fourth-order valence-corrected chi connectivity index (χ4v) is 6.26. The van der Waals surface area contributed by atoms with Crippen LogP contribution in [0.4, 0.5) is 8.78 Å². The quantitative estimate of drug-likeness (QED) is 0.620. The highest BCUT2D eigenvalue weighted by molar-refractivity contribution is 6.05. The number of imide groups is 1. The topological polar surface area (TPSA) is 78.5 Å². The van der Waals surface area contributed by atoms with Crippen molar-refractivity contribution in [3.63, 3.8) is 0 Å². The van der Waals surface area contributed by atoms with E-state index < -0.39 is 17.9 Å². The van der Waals surface area contributed by atoms with Crippen LogP contribution in [-0.4, -0.2) is 46.7 Å². The van der Waals surface area contributed by atoms with Gasteiger partial charge in [-0.3, -0.25) is 19.7 Å². The molecule has 2 heterocycles. The van der Waals surface area contributed by atoms with Crippen LogP contribution in [0, 0.1) is 11.8 Å². The molecule has 2 N–H and O–H groups in total. The second-order valence-electron chi connectivity index (χ2n) is 10.7. The molecule has 0 bridgehead atoms. The molecule has 1 saturated heterocycles. The third kappa shape index (κ3) is 4.61. The number of piperidine rings is 1. The zero-order valence-electron chi connectivity index (χ0n) is 19.6. The number of rotatable bonds is 6. The first-order valence-corrected chi connectivity index (χ1v) is 12.6. The average Bonchev–Trinajstić information content (AvgIpc) is 3.09. The van der Waals surface area contributed by atoms with Gasteiger partial charge >= 0.3 is 0 Å². The van der Waals surface area contributed by atoms with E-state index in [1.165, 1.54) is 12.0 Å². The number of carbonyl (C=O) groups is 3. The lowest BCUT2D eigenvalue weighted by molar-refractivity contribution is -0.136. The minimum Gasteiger partial charge on any atom is -0.322 e. The molecule has 2 saturated carbocycles. The minimum absolute atomic E-state index is 0.0128. The smallest absolute Gasteiger partial charge is 0.255 e. The molecule has 0 aromatic heterocycles. The van der Waals surface area contributed by atoms with Gasteiger partial charge in [-0.1, -0.05) is 25.0 Å². The minimum atomic E-state index is -2.49. The summed E-state index contributed by atoms with van der Waals surface area (Å²) in [7, 11) is 0. The van der Waals surface area contributed by atoms with Crippen LogP contribution in [0.25, 0.3) is 0 Å². The highest BCUT2D eigenvalue weighted by Crippen LogP contribution is 2.44. The van der Waals surface area contributed by atoms with Gasteiger partial charge in [-0.25, -0.2) is 8.78 Å². The highest BCUT2D eigenvalue weighted by Gasteiger charge is 2.47. The Morgan fingerprint density at radius 1 is 1.15 bits per heavy atom. The van der Waals surface area contributed by atoms with Crippen molar-refractivity contribution in [2.24, 2.45) is 11.8 Å². The fourth-order valence-electron chi connectivity index (χ4n) is 6.26. The van der Waals surface area contributed by atoms with E-state index in [1.807, 2.05) is 19.1 Å². The van der Waals surface area contributed by atoms with Crippen molar-refractivity contribution in [3.8, 4) is 0 Å². The van der Waals surface area contributed by atoms with Gasteiger partial charge in [0.25, 0.3) is 5.91 Å². The molecular formula is C26H33F2N3O3. The van der Waals surface area contributed by atoms with E-state index in [-0.39, 0.29) is 43.0 Å². The molecule has 2 unspecified atom stereocenters. The predicted octanol–water partition coefficient (Wildman–Crippen LogP) is 3.57. The Hall–Kier alpha value is -2.35. The first-order chi connectivity index (χ1) is 16.2. The van der Waals surface area contributed by atoms with E-state index in [2.05, 4.69) is 16.7 Å².